The molecule has 0 aliphatic heterocycles. The van der Waals surface area contributed by atoms with Gasteiger partial charge in [0.15, 0.2) is 10.6 Å². The summed E-state index contributed by atoms with van der Waals surface area (Å²) in [6.07, 6.45) is 5.17. The van der Waals surface area contributed by atoms with Crippen molar-refractivity contribution in [1.29, 1.82) is 0 Å². The van der Waals surface area contributed by atoms with Crippen molar-refractivity contribution < 1.29 is 0 Å². The molecule has 3 aromatic heterocycles. The van der Waals surface area contributed by atoms with Crippen LogP contribution in [0, 0.1) is 4.77 Å². The molecule has 0 aliphatic carbocycles. The summed E-state index contributed by atoms with van der Waals surface area (Å²) in [4.78, 5) is 8.37. The van der Waals surface area contributed by atoms with E-state index in [2.05, 4.69) is 20.2 Å². The van der Waals surface area contributed by atoms with E-state index in [0.29, 0.717) is 10.6 Å². The third kappa shape index (κ3) is 1.82. The summed E-state index contributed by atoms with van der Waals surface area (Å²) >= 11 is 5.24. The minimum atomic E-state index is 0.517. The lowest BCUT2D eigenvalue weighted by atomic mass is 10.3. The number of nitrogens with zero attached hydrogens (tertiary/aromatic N) is 4. The lowest BCUT2D eigenvalue weighted by molar-refractivity contribution is 1.02. The molecule has 1 N–H and O–H groups in total. The SMILES string of the molecule is S=c1[nH]nc(-c2ccccn2)n1-c1cccnc1. The molecule has 0 fully saturated rings. The average Bonchev–Trinajstić information content (AvgIpc) is 2.83. The van der Waals surface area contributed by atoms with E-state index in [1.807, 2.05) is 34.9 Å². The van der Waals surface area contributed by atoms with Gasteiger partial charge in [-0.3, -0.25) is 19.6 Å². The van der Waals surface area contributed by atoms with Gasteiger partial charge in [-0.15, -0.1) is 0 Å². The Morgan fingerprint density at radius 2 is 2.06 bits per heavy atom. The summed E-state index contributed by atoms with van der Waals surface area (Å²) in [6, 6.07) is 9.43. The second kappa shape index (κ2) is 4.50. The molecule has 3 rings (SSSR count). The van der Waals surface area contributed by atoms with Crippen LogP contribution in [-0.2, 0) is 0 Å². The lowest BCUT2D eigenvalue weighted by Crippen LogP contribution is -1.99. The van der Waals surface area contributed by atoms with Gasteiger partial charge < -0.3 is 0 Å². The number of hydrogen-bond donors (Lipinski definition) is 1. The van der Waals surface area contributed by atoms with Gasteiger partial charge in [0, 0.05) is 12.4 Å². The van der Waals surface area contributed by atoms with Crippen molar-refractivity contribution in [3.8, 4) is 17.2 Å². The molecule has 0 aliphatic rings. The van der Waals surface area contributed by atoms with Gasteiger partial charge in [0.1, 0.15) is 5.69 Å². The largest absolute Gasteiger partial charge is 0.265 e. The van der Waals surface area contributed by atoms with Crippen molar-refractivity contribution in [1.82, 2.24) is 24.7 Å². The highest BCUT2D eigenvalue weighted by Crippen LogP contribution is 2.18. The van der Waals surface area contributed by atoms with Gasteiger partial charge in [0.05, 0.1) is 11.9 Å². The van der Waals surface area contributed by atoms with E-state index in [1.54, 1.807) is 18.6 Å². The third-order valence-electron chi connectivity index (χ3n) is 2.47. The zero-order chi connectivity index (χ0) is 12.4. The molecule has 3 heterocycles. The Morgan fingerprint density at radius 3 is 2.78 bits per heavy atom. The van der Waals surface area contributed by atoms with Crippen molar-refractivity contribution in [3.05, 3.63) is 53.7 Å². The summed E-state index contributed by atoms with van der Waals surface area (Å²) in [5.41, 5.74) is 1.62. The number of hydrogen-bond acceptors (Lipinski definition) is 4. The fourth-order valence-corrected chi connectivity index (χ4v) is 1.93. The van der Waals surface area contributed by atoms with Crippen LogP contribution in [0.3, 0.4) is 0 Å². The first-order chi connectivity index (χ1) is 8.86. The molecule has 3 aromatic rings. The number of aromatic amines is 1. The van der Waals surface area contributed by atoms with Crippen molar-refractivity contribution in [2.24, 2.45) is 0 Å². The summed E-state index contributed by atoms with van der Waals surface area (Å²) in [6.45, 7) is 0. The normalized spacial score (nSPS) is 10.4. The van der Waals surface area contributed by atoms with E-state index in [9.17, 15) is 0 Å². The second-order valence-electron chi connectivity index (χ2n) is 3.61. The Labute approximate surface area is 108 Å². The maximum Gasteiger partial charge on any atom is 0.200 e. The summed E-state index contributed by atoms with van der Waals surface area (Å²) in [5, 5.41) is 7.00. The van der Waals surface area contributed by atoms with E-state index in [4.69, 9.17) is 12.2 Å². The molecule has 0 aromatic carbocycles. The van der Waals surface area contributed by atoms with Crippen molar-refractivity contribution in [3.63, 3.8) is 0 Å². The summed E-state index contributed by atoms with van der Waals surface area (Å²) in [5.74, 6) is 0.675. The zero-order valence-electron chi connectivity index (χ0n) is 9.32. The number of nitrogens with one attached hydrogen (secondary N) is 1. The van der Waals surface area contributed by atoms with Crippen molar-refractivity contribution in [2.75, 3.05) is 0 Å². The van der Waals surface area contributed by atoms with Crippen LogP contribution in [0.15, 0.2) is 48.9 Å². The highest BCUT2D eigenvalue weighted by molar-refractivity contribution is 7.71. The average molecular weight is 255 g/mol. The maximum absolute atomic E-state index is 5.24. The fraction of sp³-hybridized carbons (Fsp3) is 0. The molecule has 0 atom stereocenters. The van der Waals surface area contributed by atoms with Gasteiger partial charge in [0.25, 0.3) is 0 Å². The first kappa shape index (κ1) is 10.8. The molecule has 5 nitrogen and oxygen atoms in total. The van der Waals surface area contributed by atoms with Crippen LogP contribution in [0.4, 0.5) is 0 Å². The quantitative estimate of drug-likeness (QED) is 0.714. The van der Waals surface area contributed by atoms with Gasteiger partial charge in [-0.1, -0.05) is 6.07 Å². The van der Waals surface area contributed by atoms with Gasteiger partial charge in [-0.05, 0) is 36.5 Å². The van der Waals surface area contributed by atoms with Crippen LogP contribution in [0.5, 0.6) is 0 Å². The van der Waals surface area contributed by atoms with Crippen molar-refractivity contribution >= 4 is 12.2 Å². The summed E-state index contributed by atoms with van der Waals surface area (Å²) < 4.78 is 2.33. The molecule has 0 amide bonds. The minimum Gasteiger partial charge on any atom is -0.265 e. The Balaban J connectivity index is 2.23. The fourth-order valence-electron chi connectivity index (χ4n) is 1.69. The smallest absolute Gasteiger partial charge is 0.200 e. The number of pyridine rings is 2. The van der Waals surface area contributed by atoms with Crippen LogP contribution >= 0.6 is 12.2 Å². The van der Waals surface area contributed by atoms with Crippen LogP contribution in [0.25, 0.3) is 17.2 Å². The molecule has 0 bridgehead atoms. The summed E-state index contributed by atoms with van der Waals surface area (Å²) in [7, 11) is 0. The van der Waals surface area contributed by atoms with Crippen LogP contribution in [0.2, 0.25) is 0 Å². The molecular formula is C12H9N5S. The van der Waals surface area contributed by atoms with E-state index >= 15 is 0 Å². The highest BCUT2D eigenvalue weighted by Gasteiger charge is 2.11. The van der Waals surface area contributed by atoms with E-state index in [0.717, 1.165) is 11.4 Å². The third-order valence-corrected chi connectivity index (χ3v) is 2.74. The molecular weight excluding hydrogens is 246 g/mol. The Hall–Kier alpha value is -2.34. The van der Waals surface area contributed by atoms with Crippen molar-refractivity contribution in [2.45, 2.75) is 0 Å². The van der Waals surface area contributed by atoms with Crippen LogP contribution in [0.1, 0.15) is 0 Å². The Kier molecular flexibility index (Phi) is 2.70. The van der Waals surface area contributed by atoms with Gasteiger partial charge in [-0.2, -0.15) is 5.10 Å². The van der Waals surface area contributed by atoms with Crippen LogP contribution in [-0.4, -0.2) is 24.7 Å². The predicted molar refractivity (Wildman–Crippen MR) is 69.8 cm³/mol. The Morgan fingerprint density at radius 1 is 1.11 bits per heavy atom. The lowest BCUT2D eigenvalue weighted by Gasteiger charge is -2.04. The molecule has 6 heteroatoms. The van der Waals surface area contributed by atoms with E-state index in [1.165, 1.54) is 0 Å². The number of aromatic nitrogens is 5. The maximum atomic E-state index is 5.24. The first-order valence-electron chi connectivity index (χ1n) is 5.35. The molecule has 18 heavy (non-hydrogen) atoms. The molecule has 88 valence electrons. The predicted octanol–water partition coefficient (Wildman–Crippen LogP) is 2.39. The molecule has 0 spiro atoms. The first-order valence-corrected chi connectivity index (χ1v) is 5.76. The van der Waals surface area contributed by atoms with Gasteiger partial charge in [-0.25, -0.2) is 0 Å². The van der Waals surface area contributed by atoms with Gasteiger partial charge >= 0.3 is 0 Å². The van der Waals surface area contributed by atoms with E-state index in [-0.39, 0.29) is 0 Å². The van der Waals surface area contributed by atoms with Crippen LogP contribution < -0.4 is 0 Å². The molecule has 0 radical (unpaired) electrons. The Bertz CT molecular complexity index is 702. The molecule has 0 unspecified atom stereocenters. The standard InChI is InChI=1S/C12H9N5S/c18-12-16-15-11(10-5-1-2-7-14-10)17(12)9-4-3-6-13-8-9/h1-8H,(H,16,18). The molecule has 0 saturated heterocycles. The number of H-pyrrole nitrogens is 1. The van der Waals surface area contributed by atoms with Gasteiger partial charge in [0.2, 0.25) is 0 Å². The van der Waals surface area contributed by atoms with E-state index < -0.39 is 0 Å². The monoisotopic (exact) mass is 255 g/mol. The second-order valence-corrected chi connectivity index (χ2v) is 4.00. The topological polar surface area (TPSA) is 59.4 Å². The highest BCUT2D eigenvalue weighted by atomic mass is 32.1. The minimum absolute atomic E-state index is 0.517. The zero-order valence-corrected chi connectivity index (χ0v) is 10.1. The number of rotatable bonds is 2. The molecule has 0 saturated carbocycles.